The van der Waals surface area contributed by atoms with Crippen molar-refractivity contribution in [1.82, 2.24) is 9.97 Å². The molecule has 1 aliphatic carbocycles. The van der Waals surface area contributed by atoms with Crippen LogP contribution in [-0.2, 0) is 16.2 Å². The van der Waals surface area contributed by atoms with Gasteiger partial charge in [0, 0.05) is 23.5 Å². The summed E-state index contributed by atoms with van der Waals surface area (Å²) < 4.78 is 0. The minimum Gasteiger partial charge on any atom is -0.256 e. The summed E-state index contributed by atoms with van der Waals surface area (Å²) in [6.45, 7) is 13.7. The van der Waals surface area contributed by atoms with Crippen molar-refractivity contribution in [3.05, 3.63) is 167 Å². The first-order valence-electron chi connectivity index (χ1n) is 15.9. The molecule has 0 atom stereocenters. The number of benzene rings is 4. The lowest BCUT2D eigenvalue weighted by atomic mass is 9.66. The molecule has 6 aromatic rings. The summed E-state index contributed by atoms with van der Waals surface area (Å²) in [6, 6.07) is 44.6. The fourth-order valence-electron chi connectivity index (χ4n) is 6.95. The Hall–Kier alpha value is -4.82. The first kappa shape index (κ1) is 28.9. The predicted molar refractivity (Wildman–Crippen MR) is 188 cm³/mol. The van der Waals surface area contributed by atoms with Crippen LogP contribution >= 0.6 is 0 Å². The molecule has 2 heteroatoms. The van der Waals surface area contributed by atoms with Crippen molar-refractivity contribution >= 4 is 0 Å². The molecule has 1 aliphatic rings. The zero-order chi connectivity index (χ0) is 31.4. The Morgan fingerprint density at radius 2 is 1.07 bits per heavy atom. The van der Waals surface area contributed by atoms with Crippen molar-refractivity contribution in [1.29, 1.82) is 0 Å². The first-order chi connectivity index (χ1) is 21.6. The molecule has 0 spiro atoms. The van der Waals surface area contributed by atoms with Crippen LogP contribution in [-0.4, -0.2) is 9.97 Å². The van der Waals surface area contributed by atoms with Gasteiger partial charge in [0.05, 0.1) is 16.8 Å². The highest BCUT2D eigenvalue weighted by atomic mass is 14.7. The zero-order valence-electron chi connectivity index (χ0n) is 27.1. The SMILES string of the molecule is CC(C)(C)c1cc(-c2cc(C(C)(C)C)ccn2)cc(C2(c3cccc(-c4ccccn4)c3)c3ccccc3-c3ccccc32)c1. The number of aromatic nitrogens is 2. The van der Waals surface area contributed by atoms with E-state index in [1.165, 1.54) is 44.5 Å². The Morgan fingerprint density at radius 1 is 0.444 bits per heavy atom. The quantitative estimate of drug-likeness (QED) is 0.206. The molecular formula is C43H40N2. The van der Waals surface area contributed by atoms with Crippen LogP contribution in [0.1, 0.15) is 74.9 Å². The van der Waals surface area contributed by atoms with E-state index in [2.05, 4.69) is 157 Å². The Bertz CT molecular complexity index is 1980. The maximum Gasteiger partial charge on any atom is 0.0714 e. The maximum atomic E-state index is 4.94. The van der Waals surface area contributed by atoms with Crippen molar-refractivity contribution in [3.8, 4) is 33.6 Å². The number of fused-ring (bicyclic) bond motifs is 3. The van der Waals surface area contributed by atoms with Gasteiger partial charge in [-0.1, -0.05) is 120 Å². The maximum absolute atomic E-state index is 4.94. The van der Waals surface area contributed by atoms with Gasteiger partial charge in [-0.3, -0.25) is 9.97 Å². The van der Waals surface area contributed by atoms with Gasteiger partial charge in [0.2, 0.25) is 0 Å². The molecule has 45 heavy (non-hydrogen) atoms. The highest BCUT2D eigenvalue weighted by Gasteiger charge is 2.46. The van der Waals surface area contributed by atoms with Gasteiger partial charge in [0.15, 0.2) is 0 Å². The van der Waals surface area contributed by atoms with E-state index in [4.69, 9.17) is 9.97 Å². The van der Waals surface area contributed by atoms with E-state index in [9.17, 15) is 0 Å². The monoisotopic (exact) mass is 584 g/mol. The standard InChI is InChI=1S/C43H40N2/c1-41(2,3)31-21-23-45-40(28-31)30-25-33(42(4,5)6)27-34(26-30)43(32-15-13-14-29(24-32)39-20-11-12-22-44-39)37-18-9-7-16-35(37)36-17-8-10-19-38(36)43/h7-28H,1-6H3. The Labute approximate surface area is 267 Å². The minimum absolute atomic E-state index is 0.0264. The lowest BCUT2D eigenvalue weighted by molar-refractivity contribution is 0.587. The minimum atomic E-state index is -0.532. The second-order valence-electron chi connectivity index (χ2n) is 14.4. The van der Waals surface area contributed by atoms with Gasteiger partial charge in [0.1, 0.15) is 0 Å². The van der Waals surface area contributed by atoms with Gasteiger partial charge in [-0.2, -0.15) is 0 Å². The summed E-state index contributed by atoms with van der Waals surface area (Å²) in [5.74, 6) is 0. The van der Waals surface area contributed by atoms with E-state index in [0.717, 1.165) is 22.5 Å². The normalized spacial score (nSPS) is 13.7. The molecule has 222 valence electrons. The first-order valence-corrected chi connectivity index (χ1v) is 15.9. The van der Waals surface area contributed by atoms with Gasteiger partial charge in [-0.15, -0.1) is 0 Å². The van der Waals surface area contributed by atoms with Crippen molar-refractivity contribution in [2.75, 3.05) is 0 Å². The molecule has 4 aromatic carbocycles. The number of nitrogens with zero attached hydrogens (tertiary/aromatic N) is 2. The molecule has 7 rings (SSSR count). The van der Waals surface area contributed by atoms with E-state index in [1.807, 2.05) is 18.5 Å². The van der Waals surface area contributed by atoms with Crippen molar-refractivity contribution in [2.45, 2.75) is 57.8 Å². The van der Waals surface area contributed by atoms with Crippen molar-refractivity contribution in [3.63, 3.8) is 0 Å². The van der Waals surface area contributed by atoms with Crippen LogP contribution in [0.15, 0.2) is 134 Å². The van der Waals surface area contributed by atoms with Crippen LogP contribution in [0.3, 0.4) is 0 Å². The highest BCUT2D eigenvalue weighted by Crippen LogP contribution is 2.57. The van der Waals surface area contributed by atoms with Crippen LogP contribution in [0.25, 0.3) is 33.6 Å². The smallest absolute Gasteiger partial charge is 0.0714 e. The average Bonchev–Trinajstić information content (AvgIpc) is 3.36. The second-order valence-corrected chi connectivity index (χ2v) is 14.4. The molecular weight excluding hydrogens is 544 g/mol. The van der Waals surface area contributed by atoms with E-state index in [0.29, 0.717) is 0 Å². The molecule has 0 N–H and O–H groups in total. The third-order valence-corrected chi connectivity index (χ3v) is 9.36. The molecule has 0 radical (unpaired) electrons. The number of hydrogen-bond acceptors (Lipinski definition) is 2. The van der Waals surface area contributed by atoms with Gasteiger partial charge >= 0.3 is 0 Å². The third kappa shape index (κ3) is 4.90. The summed E-state index contributed by atoms with van der Waals surface area (Å²) in [4.78, 5) is 9.66. The van der Waals surface area contributed by atoms with E-state index in [-0.39, 0.29) is 10.8 Å². The van der Waals surface area contributed by atoms with Crippen LogP contribution in [0, 0.1) is 0 Å². The number of hydrogen-bond donors (Lipinski definition) is 0. The summed E-state index contributed by atoms with van der Waals surface area (Å²) in [6.07, 6.45) is 3.83. The molecule has 2 nitrogen and oxygen atoms in total. The summed E-state index contributed by atoms with van der Waals surface area (Å²) >= 11 is 0. The average molecular weight is 585 g/mol. The molecule has 0 amide bonds. The molecule has 0 bridgehead atoms. The molecule has 0 saturated heterocycles. The van der Waals surface area contributed by atoms with Gasteiger partial charge < -0.3 is 0 Å². The third-order valence-electron chi connectivity index (χ3n) is 9.36. The van der Waals surface area contributed by atoms with Gasteiger partial charge in [-0.25, -0.2) is 0 Å². The lowest BCUT2D eigenvalue weighted by Crippen LogP contribution is -2.29. The van der Waals surface area contributed by atoms with E-state index < -0.39 is 5.41 Å². The zero-order valence-corrected chi connectivity index (χ0v) is 27.1. The van der Waals surface area contributed by atoms with Crippen molar-refractivity contribution in [2.24, 2.45) is 0 Å². The van der Waals surface area contributed by atoms with E-state index in [1.54, 1.807) is 0 Å². The number of rotatable bonds is 4. The Balaban J connectivity index is 1.59. The molecule has 0 saturated carbocycles. The fourth-order valence-corrected chi connectivity index (χ4v) is 6.95. The molecule has 0 fully saturated rings. The van der Waals surface area contributed by atoms with Crippen molar-refractivity contribution < 1.29 is 0 Å². The molecule has 2 aromatic heterocycles. The van der Waals surface area contributed by atoms with Crippen LogP contribution in [0.4, 0.5) is 0 Å². The lowest BCUT2D eigenvalue weighted by Gasteiger charge is -2.36. The Kier molecular flexibility index (Phi) is 6.85. The summed E-state index contributed by atoms with van der Waals surface area (Å²) in [5, 5.41) is 0. The van der Waals surface area contributed by atoms with Gasteiger partial charge in [-0.05, 0) is 97.8 Å². The summed E-state index contributed by atoms with van der Waals surface area (Å²) in [7, 11) is 0. The molecule has 0 aliphatic heterocycles. The number of pyridine rings is 2. The fraction of sp³-hybridized carbons (Fsp3) is 0.209. The van der Waals surface area contributed by atoms with E-state index >= 15 is 0 Å². The van der Waals surface area contributed by atoms with Crippen LogP contribution in [0.5, 0.6) is 0 Å². The predicted octanol–water partition coefficient (Wildman–Crippen LogP) is 10.8. The molecule has 2 heterocycles. The van der Waals surface area contributed by atoms with Gasteiger partial charge in [0.25, 0.3) is 0 Å². The summed E-state index contributed by atoms with van der Waals surface area (Å²) in [5.41, 5.74) is 13.9. The molecule has 0 unspecified atom stereocenters. The highest BCUT2D eigenvalue weighted by molar-refractivity contribution is 5.87. The van der Waals surface area contributed by atoms with Crippen LogP contribution < -0.4 is 0 Å². The largest absolute Gasteiger partial charge is 0.256 e. The topological polar surface area (TPSA) is 25.8 Å². The Morgan fingerprint density at radius 3 is 1.71 bits per heavy atom. The second kappa shape index (κ2) is 10.7. The van der Waals surface area contributed by atoms with Crippen LogP contribution in [0.2, 0.25) is 0 Å².